The highest BCUT2D eigenvalue weighted by Gasteiger charge is 2.23. The zero-order valence-corrected chi connectivity index (χ0v) is 11.8. The van der Waals surface area contributed by atoms with Crippen molar-refractivity contribution in [2.75, 3.05) is 19.6 Å². The van der Waals surface area contributed by atoms with Crippen LogP contribution < -0.4 is 5.32 Å². The number of nitrogens with one attached hydrogen (secondary N) is 1. The van der Waals surface area contributed by atoms with E-state index in [-0.39, 0.29) is 11.9 Å². The van der Waals surface area contributed by atoms with E-state index in [1.165, 1.54) is 0 Å². The zero-order valence-electron chi connectivity index (χ0n) is 10.2. The lowest BCUT2D eigenvalue weighted by Gasteiger charge is -2.34. The van der Waals surface area contributed by atoms with Gasteiger partial charge in [-0.1, -0.05) is 15.9 Å². The van der Waals surface area contributed by atoms with Crippen LogP contribution in [0.3, 0.4) is 0 Å². The van der Waals surface area contributed by atoms with Crippen LogP contribution in [0.1, 0.15) is 22.8 Å². The van der Waals surface area contributed by atoms with Crippen LogP contribution in [0.15, 0.2) is 22.7 Å². The third kappa shape index (κ3) is 2.69. The smallest absolute Gasteiger partial charge is 0.254 e. The van der Waals surface area contributed by atoms with Crippen LogP contribution >= 0.6 is 15.9 Å². The molecule has 1 aliphatic heterocycles. The second-order valence-electron chi connectivity index (χ2n) is 4.52. The highest BCUT2D eigenvalue weighted by molar-refractivity contribution is 9.10. The summed E-state index contributed by atoms with van der Waals surface area (Å²) in [7, 11) is 0. The second-order valence-corrected chi connectivity index (χ2v) is 5.37. The minimum Gasteiger partial charge on any atom is -0.333 e. The molecule has 1 fully saturated rings. The van der Waals surface area contributed by atoms with Crippen molar-refractivity contribution in [3.05, 3.63) is 33.8 Å². The molecule has 1 N–H and O–H groups in total. The Bertz CT molecular complexity index is 433. The van der Waals surface area contributed by atoms with Gasteiger partial charge in [-0.2, -0.15) is 0 Å². The summed E-state index contributed by atoms with van der Waals surface area (Å²) in [5, 5.41) is 3.29. The molecule has 2 rings (SSSR count). The monoisotopic (exact) mass is 296 g/mol. The Kier molecular flexibility index (Phi) is 3.84. The van der Waals surface area contributed by atoms with E-state index in [9.17, 15) is 4.79 Å². The van der Waals surface area contributed by atoms with E-state index in [2.05, 4.69) is 28.2 Å². The molecule has 0 saturated carbocycles. The van der Waals surface area contributed by atoms with Gasteiger partial charge < -0.3 is 10.2 Å². The average molecular weight is 297 g/mol. The topological polar surface area (TPSA) is 32.3 Å². The van der Waals surface area contributed by atoms with Crippen LogP contribution in [0.2, 0.25) is 0 Å². The van der Waals surface area contributed by atoms with E-state index in [0.29, 0.717) is 0 Å². The predicted molar refractivity (Wildman–Crippen MR) is 72.2 cm³/mol. The summed E-state index contributed by atoms with van der Waals surface area (Å²) in [6.07, 6.45) is 0. The van der Waals surface area contributed by atoms with Crippen LogP contribution in [0, 0.1) is 6.92 Å². The van der Waals surface area contributed by atoms with Crippen molar-refractivity contribution in [3.8, 4) is 0 Å². The molecule has 0 unspecified atom stereocenters. The molecule has 1 aliphatic rings. The first-order valence-corrected chi connectivity index (χ1v) is 6.66. The maximum Gasteiger partial charge on any atom is 0.254 e. The molecular weight excluding hydrogens is 280 g/mol. The Labute approximate surface area is 110 Å². The molecule has 92 valence electrons. The number of nitrogens with zero attached hydrogens (tertiary/aromatic N) is 1. The molecule has 1 amide bonds. The van der Waals surface area contributed by atoms with Gasteiger partial charge in [-0.3, -0.25) is 4.79 Å². The van der Waals surface area contributed by atoms with E-state index >= 15 is 0 Å². The molecule has 1 heterocycles. The Hall–Kier alpha value is -0.870. The number of halogens is 1. The first kappa shape index (κ1) is 12.6. The molecule has 4 heteroatoms. The molecule has 0 radical (unpaired) electrons. The number of hydrogen-bond donors (Lipinski definition) is 1. The van der Waals surface area contributed by atoms with Crippen LogP contribution in [0.5, 0.6) is 0 Å². The van der Waals surface area contributed by atoms with E-state index in [0.717, 1.165) is 35.2 Å². The second kappa shape index (κ2) is 5.19. The van der Waals surface area contributed by atoms with Crippen LogP contribution in [-0.4, -0.2) is 36.5 Å². The van der Waals surface area contributed by atoms with E-state index < -0.39 is 0 Å². The molecule has 1 saturated heterocycles. The third-order valence-corrected chi connectivity index (χ3v) is 4.06. The van der Waals surface area contributed by atoms with Gasteiger partial charge in [0, 0.05) is 35.7 Å². The molecular formula is C13H17BrN2O. The van der Waals surface area contributed by atoms with E-state index in [4.69, 9.17) is 0 Å². The third-order valence-electron chi connectivity index (χ3n) is 3.17. The number of aryl methyl sites for hydroxylation is 1. The largest absolute Gasteiger partial charge is 0.333 e. The number of carbonyl (C=O) groups is 1. The number of amides is 1. The quantitative estimate of drug-likeness (QED) is 0.862. The summed E-state index contributed by atoms with van der Waals surface area (Å²) in [4.78, 5) is 14.3. The molecule has 1 aromatic carbocycles. The maximum absolute atomic E-state index is 12.4. The van der Waals surface area contributed by atoms with Gasteiger partial charge in [0.25, 0.3) is 5.91 Å². The van der Waals surface area contributed by atoms with Gasteiger partial charge >= 0.3 is 0 Å². The molecule has 3 nitrogen and oxygen atoms in total. The van der Waals surface area contributed by atoms with Gasteiger partial charge in [-0.15, -0.1) is 0 Å². The fraction of sp³-hybridized carbons (Fsp3) is 0.462. The standard InChI is InChI=1S/C13H17BrN2O/c1-9-7-11(3-4-12(9)14)13(17)16-6-5-15-8-10(16)2/h3-4,7,10,15H,5-6,8H2,1-2H3/t10-/m1/s1. The first-order chi connectivity index (χ1) is 8.09. The van der Waals surface area contributed by atoms with Gasteiger partial charge in [0.05, 0.1) is 0 Å². The summed E-state index contributed by atoms with van der Waals surface area (Å²) >= 11 is 3.45. The lowest BCUT2D eigenvalue weighted by molar-refractivity contribution is 0.0655. The van der Waals surface area contributed by atoms with Crippen molar-refractivity contribution in [1.29, 1.82) is 0 Å². The number of hydrogen-bond acceptors (Lipinski definition) is 2. The van der Waals surface area contributed by atoms with E-state index in [1.807, 2.05) is 30.0 Å². The molecule has 17 heavy (non-hydrogen) atoms. The highest BCUT2D eigenvalue weighted by Crippen LogP contribution is 2.19. The molecule has 0 aromatic heterocycles. The molecule has 0 bridgehead atoms. The average Bonchev–Trinajstić information content (AvgIpc) is 2.32. The lowest BCUT2D eigenvalue weighted by atomic mass is 10.1. The van der Waals surface area contributed by atoms with Crippen molar-refractivity contribution in [1.82, 2.24) is 10.2 Å². The van der Waals surface area contributed by atoms with Crippen molar-refractivity contribution in [2.24, 2.45) is 0 Å². The van der Waals surface area contributed by atoms with Crippen LogP contribution in [0.4, 0.5) is 0 Å². The van der Waals surface area contributed by atoms with Gasteiger partial charge in [0.15, 0.2) is 0 Å². The lowest BCUT2D eigenvalue weighted by Crippen LogP contribution is -2.52. The van der Waals surface area contributed by atoms with Gasteiger partial charge in [0.1, 0.15) is 0 Å². The fourth-order valence-electron chi connectivity index (χ4n) is 2.09. The molecule has 1 atom stereocenters. The molecule has 0 spiro atoms. The van der Waals surface area contributed by atoms with Crippen LogP contribution in [0.25, 0.3) is 0 Å². The number of benzene rings is 1. The summed E-state index contributed by atoms with van der Waals surface area (Å²) in [5.41, 5.74) is 1.87. The summed E-state index contributed by atoms with van der Waals surface area (Å²) in [5.74, 6) is 0.134. The maximum atomic E-state index is 12.4. The molecule has 1 aromatic rings. The van der Waals surface area contributed by atoms with Crippen molar-refractivity contribution >= 4 is 21.8 Å². The van der Waals surface area contributed by atoms with E-state index in [1.54, 1.807) is 0 Å². The number of carbonyl (C=O) groups excluding carboxylic acids is 1. The van der Waals surface area contributed by atoms with Gasteiger partial charge in [-0.25, -0.2) is 0 Å². The molecule has 0 aliphatic carbocycles. The Morgan fingerprint density at radius 2 is 2.29 bits per heavy atom. The summed E-state index contributed by atoms with van der Waals surface area (Å²) in [6.45, 7) is 6.62. The number of piperazine rings is 1. The summed E-state index contributed by atoms with van der Waals surface area (Å²) in [6, 6.07) is 6.03. The SMILES string of the molecule is Cc1cc(C(=O)N2CCNC[C@H]2C)ccc1Br. The normalized spacial score (nSPS) is 20.4. The Morgan fingerprint density at radius 1 is 1.53 bits per heavy atom. The zero-order chi connectivity index (χ0) is 12.4. The Balaban J connectivity index is 2.21. The van der Waals surface area contributed by atoms with Crippen molar-refractivity contribution in [3.63, 3.8) is 0 Å². The number of rotatable bonds is 1. The first-order valence-electron chi connectivity index (χ1n) is 5.87. The highest BCUT2D eigenvalue weighted by atomic mass is 79.9. The van der Waals surface area contributed by atoms with Crippen molar-refractivity contribution in [2.45, 2.75) is 19.9 Å². The van der Waals surface area contributed by atoms with Crippen molar-refractivity contribution < 1.29 is 4.79 Å². The fourth-order valence-corrected chi connectivity index (χ4v) is 2.33. The minimum absolute atomic E-state index is 0.134. The predicted octanol–water partition coefficient (Wildman–Crippen LogP) is 2.19. The van der Waals surface area contributed by atoms with Gasteiger partial charge in [-0.05, 0) is 37.6 Å². The van der Waals surface area contributed by atoms with Crippen LogP contribution in [-0.2, 0) is 0 Å². The Morgan fingerprint density at radius 3 is 2.94 bits per heavy atom. The minimum atomic E-state index is 0.134. The summed E-state index contributed by atoms with van der Waals surface area (Å²) < 4.78 is 1.04. The van der Waals surface area contributed by atoms with Gasteiger partial charge in [0.2, 0.25) is 0 Å².